The Bertz CT molecular complexity index is 502. The van der Waals surface area contributed by atoms with Crippen LogP contribution in [0, 0.1) is 17.0 Å². The number of nitro groups is 1. The fraction of sp³-hybridized carbons (Fsp3) is 0.667. The Hall–Kier alpha value is -1.96. The number of rotatable bonds is 6. The summed E-state index contributed by atoms with van der Waals surface area (Å²) in [6.45, 7) is 5.79. The van der Waals surface area contributed by atoms with Gasteiger partial charge < -0.3 is 15.0 Å². The van der Waals surface area contributed by atoms with E-state index in [2.05, 4.69) is 15.3 Å². The number of hydrogen-bond acceptors (Lipinski definition) is 7. The highest BCUT2D eigenvalue weighted by molar-refractivity contribution is 5.48. The first-order valence-corrected chi connectivity index (χ1v) is 6.20. The zero-order chi connectivity index (χ0) is 15.5. The number of aryl methyl sites for hydroxylation is 1. The fourth-order valence-corrected chi connectivity index (χ4v) is 1.34. The van der Waals surface area contributed by atoms with Crippen molar-refractivity contribution < 1.29 is 9.66 Å². The summed E-state index contributed by atoms with van der Waals surface area (Å²) in [6, 6.07) is 0. The van der Waals surface area contributed by atoms with E-state index in [4.69, 9.17) is 4.74 Å². The zero-order valence-corrected chi connectivity index (χ0v) is 12.7. The first kappa shape index (κ1) is 16.1. The van der Waals surface area contributed by atoms with Crippen LogP contribution in [0.2, 0.25) is 0 Å². The molecule has 1 aromatic heterocycles. The molecule has 1 N–H and O–H groups in total. The van der Waals surface area contributed by atoms with Gasteiger partial charge >= 0.3 is 5.69 Å². The third-order valence-corrected chi connectivity index (χ3v) is 3.21. The number of nitrogens with one attached hydrogen (secondary N) is 1. The molecule has 0 fully saturated rings. The number of aromatic nitrogens is 2. The van der Waals surface area contributed by atoms with Crippen LogP contribution in [0.25, 0.3) is 0 Å². The van der Waals surface area contributed by atoms with E-state index in [9.17, 15) is 10.1 Å². The molecule has 0 saturated carbocycles. The van der Waals surface area contributed by atoms with Crippen LogP contribution in [0.5, 0.6) is 5.88 Å². The molecule has 1 heterocycles. The van der Waals surface area contributed by atoms with E-state index in [0.717, 1.165) is 0 Å². The fourth-order valence-electron chi connectivity index (χ4n) is 1.34. The van der Waals surface area contributed by atoms with Crippen LogP contribution in [0.3, 0.4) is 0 Å². The first-order valence-electron chi connectivity index (χ1n) is 6.20. The minimum Gasteiger partial charge on any atom is -0.471 e. The Labute approximate surface area is 118 Å². The minimum atomic E-state index is -0.521. The largest absolute Gasteiger partial charge is 0.471 e. The molecular weight excluding hydrogens is 262 g/mol. The molecule has 0 aliphatic heterocycles. The van der Waals surface area contributed by atoms with Crippen molar-refractivity contribution in [1.29, 1.82) is 0 Å². The molecule has 1 aromatic rings. The van der Waals surface area contributed by atoms with Gasteiger partial charge in [0.25, 0.3) is 5.88 Å². The molecule has 0 unspecified atom stereocenters. The lowest BCUT2D eigenvalue weighted by Gasteiger charge is -2.31. The quantitative estimate of drug-likeness (QED) is 0.623. The Morgan fingerprint density at radius 3 is 2.45 bits per heavy atom. The van der Waals surface area contributed by atoms with Gasteiger partial charge in [-0.1, -0.05) is 0 Å². The molecule has 8 nitrogen and oxygen atoms in total. The van der Waals surface area contributed by atoms with Gasteiger partial charge in [0.1, 0.15) is 12.3 Å². The normalized spacial score (nSPS) is 11.6. The predicted octanol–water partition coefficient (Wildman–Crippen LogP) is 1.45. The summed E-state index contributed by atoms with van der Waals surface area (Å²) in [6.07, 6.45) is 0. The van der Waals surface area contributed by atoms with E-state index in [1.54, 1.807) is 14.0 Å². The third kappa shape index (κ3) is 3.53. The van der Waals surface area contributed by atoms with Gasteiger partial charge in [-0.25, -0.2) is 4.98 Å². The minimum absolute atomic E-state index is 0.0122. The number of likely N-dealkylation sites (N-methyl/N-ethyl adjacent to an activating group) is 1. The molecule has 0 aliphatic rings. The summed E-state index contributed by atoms with van der Waals surface area (Å²) in [5.74, 6) is 0.285. The van der Waals surface area contributed by atoms with Gasteiger partial charge in [-0.3, -0.25) is 10.1 Å². The van der Waals surface area contributed by atoms with Gasteiger partial charge in [0, 0.05) is 12.6 Å². The predicted molar refractivity (Wildman–Crippen MR) is 76.2 cm³/mol. The van der Waals surface area contributed by atoms with Gasteiger partial charge in [-0.05, 0) is 34.9 Å². The molecule has 0 radical (unpaired) electrons. The summed E-state index contributed by atoms with van der Waals surface area (Å²) in [4.78, 5) is 20.6. The lowest BCUT2D eigenvalue weighted by molar-refractivity contribution is -0.387. The Morgan fingerprint density at radius 2 is 2.00 bits per heavy atom. The molecule has 20 heavy (non-hydrogen) atoms. The van der Waals surface area contributed by atoms with Crippen molar-refractivity contribution in [2.75, 3.05) is 33.1 Å². The Balaban J connectivity index is 3.10. The van der Waals surface area contributed by atoms with Crippen molar-refractivity contribution >= 4 is 11.6 Å². The van der Waals surface area contributed by atoms with Crippen molar-refractivity contribution in [1.82, 2.24) is 14.9 Å². The molecule has 0 atom stereocenters. The van der Waals surface area contributed by atoms with Gasteiger partial charge in [0.05, 0.1) is 4.92 Å². The van der Waals surface area contributed by atoms with E-state index in [0.29, 0.717) is 5.95 Å². The average Bonchev–Trinajstić information content (AvgIpc) is 2.34. The second-order valence-corrected chi connectivity index (χ2v) is 5.29. The maximum Gasteiger partial charge on any atom is 0.352 e. The summed E-state index contributed by atoms with van der Waals surface area (Å²) in [5, 5.41) is 13.9. The van der Waals surface area contributed by atoms with E-state index < -0.39 is 4.92 Å². The van der Waals surface area contributed by atoms with Gasteiger partial charge in [0.2, 0.25) is 5.95 Å². The average molecular weight is 283 g/mol. The number of ether oxygens (including phenoxy) is 1. The molecule has 0 spiro atoms. The van der Waals surface area contributed by atoms with Crippen LogP contribution in [0.4, 0.5) is 11.6 Å². The van der Waals surface area contributed by atoms with E-state index >= 15 is 0 Å². The van der Waals surface area contributed by atoms with Crippen molar-refractivity contribution in [3.8, 4) is 5.88 Å². The monoisotopic (exact) mass is 283 g/mol. The molecule has 0 aliphatic carbocycles. The number of anilines is 1. The maximum atomic E-state index is 11.1. The summed E-state index contributed by atoms with van der Waals surface area (Å²) in [7, 11) is 5.48. The van der Waals surface area contributed by atoms with Crippen LogP contribution >= 0.6 is 0 Å². The second kappa shape index (κ2) is 6.00. The van der Waals surface area contributed by atoms with Crippen molar-refractivity contribution in [3.63, 3.8) is 0 Å². The van der Waals surface area contributed by atoms with E-state index in [-0.39, 0.29) is 29.4 Å². The summed E-state index contributed by atoms with van der Waals surface area (Å²) in [5.41, 5.74) is -0.197. The lowest BCUT2D eigenvalue weighted by atomic mass is 10.1. The molecule has 0 bridgehead atoms. The van der Waals surface area contributed by atoms with Crippen LogP contribution in [-0.2, 0) is 0 Å². The third-order valence-electron chi connectivity index (χ3n) is 3.21. The molecule has 0 saturated heterocycles. The van der Waals surface area contributed by atoms with Crippen molar-refractivity contribution in [2.24, 2.45) is 0 Å². The number of nitrogens with zero attached hydrogens (tertiary/aromatic N) is 4. The zero-order valence-electron chi connectivity index (χ0n) is 12.7. The molecular formula is C12H21N5O3. The molecule has 1 rings (SSSR count). The topological polar surface area (TPSA) is 93.4 Å². The number of hydrogen-bond donors (Lipinski definition) is 1. The van der Waals surface area contributed by atoms with E-state index in [1.165, 1.54) is 0 Å². The first-order chi connectivity index (χ1) is 9.19. The standard InChI is InChI=1S/C12H21N5O3/c1-8-9(17(18)19)10(15-11(13-4)14-8)20-7-12(2,3)16(5)6/h7H2,1-6H3,(H,13,14,15). The smallest absolute Gasteiger partial charge is 0.352 e. The van der Waals surface area contributed by atoms with Crippen molar-refractivity contribution in [2.45, 2.75) is 26.3 Å². The van der Waals surface area contributed by atoms with E-state index in [1.807, 2.05) is 32.8 Å². The summed E-state index contributed by atoms with van der Waals surface area (Å²) < 4.78 is 5.57. The summed E-state index contributed by atoms with van der Waals surface area (Å²) >= 11 is 0. The van der Waals surface area contributed by atoms with Crippen LogP contribution in [0.1, 0.15) is 19.5 Å². The Kier molecular flexibility index (Phi) is 4.83. The SMILES string of the molecule is CNc1nc(C)c([N+](=O)[O-])c(OCC(C)(C)N(C)C)n1. The van der Waals surface area contributed by atoms with Crippen LogP contribution in [-0.4, -0.2) is 53.1 Å². The van der Waals surface area contributed by atoms with Crippen LogP contribution in [0.15, 0.2) is 0 Å². The second-order valence-electron chi connectivity index (χ2n) is 5.29. The highest BCUT2D eigenvalue weighted by Crippen LogP contribution is 2.29. The lowest BCUT2D eigenvalue weighted by Crippen LogP contribution is -2.43. The van der Waals surface area contributed by atoms with Gasteiger partial charge in [-0.2, -0.15) is 4.98 Å². The molecule has 112 valence electrons. The highest BCUT2D eigenvalue weighted by atomic mass is 16.6. The van der Waals surface area contributed by atoms with Gasteiger partial charge in [-0.15, -0.1) is 0 Å². The highest BCUT2D eigenvalue weighted by Gasteiger charge is 2.27. The van der Waals surface area contributed by atoms with Crippen molar-refractivity contribution in [3.05, 3.63) is 15.8 Å². The van der Waals surface area contributed by atoms with Crippen LogP contribution < -0.4 is 10.1 Å². The molecule has 0 aromatic carbocycles. The maximum absolute atomic E-state index is 11.1. The molecule has 8 heteroatoms. The Morgan fingerprint density at radius 1 is 1.40 bits per heavy atom. The molecule has 0 amide bonds. The van der Waals surface area contributed by atoms with Gasteiger partial charge in [0.15, 0.2) is 0 Å².